The van der Waals surface area contributed by atoms with Crippen molar-refractivity contribution < 1.29 is 0 Å². The van der Waals surface area contributed by atoms with Crippen LogP contribution in [0.5, 0.6) is 0 Å². The van der Waals surface area contributed by atoms with E-state index in [1.165, 1.54) is 0 Å². The van der Waals surface area contributed by atoms with Gasteiger partial charge in [0.25, 0.3) is 0 Å². The molecule has 158 valence electrons. The fourth-order valence-corrected chi connectivity index (χ4v) is 3.83. The Morgan fingerprint density at radius 1 is 1.24 bits per heavy atom. The highest BCUT2D eigenvalue weighted by Gasteiger charge is 2.18. The first kappa shape index (κ1) is 21.4. The van der Waals surface area contributed by atoms with Crippen LogP contribution in [0, 0.1) is 0 Å². The van der Waals surface area contributed by atoms with Gasteiger partial charge in [-0.3, -0.25) is 9.89 Å². The van der Waals surface area contributed by atoms with Crippen LogP contribution in [0.2, 0.25) is 5.02 Å². The van der Waals surface area contributed by atoms with Gasteiger partial charge in [-0.05, 0) is 25.1 Å². The quantitative estimate of drug-likeness (QED) is 0.419. The predicted molar refractivity (Wildman–Crippen MR) is 119 cm³/mol. The molecule has 2 aromatic rings. The monoisotopic (exact) mass is 418 g/mol. The number of anilines is 1. The number of piperazine rings is 1. The summed E-state index contributed by atoms with van der Waals surface area (Å²) in [5, 5.41) is 4.23. The number of aliphatic imine (C=N–C) groups is 1. The lowest BCUT2D eigenvalue weighted by molar-refractivity contribution is 0.254. The van der Waals surface area contributed by atoms with E-state index < -0.39 is 0 Å². The zero-order valence-corrected chi connectivity index (χ0v) is 18.3. The molecule has 1 aliphatic heterocycles. The van der Waals surface area contributed by atoms with E-state index in [2.05, 4.69) is 35.0 Å². The highest BCUT2D eigenvalue weighted by molar-refractivity contribution is 6.30. The summed E-state index contributed by atoms with van der Waals surface area (Å²) in [6, 6.07) is 3.85. The van der Waals surface area contributed by atoms with Crippen molar-refractivity contribution in [1.82, 2.24) is 29.7 Å². The largest absolute Gasteiger partial charge is 0.356 e. The highest BCUT2D eigenvalue weighted by Crippen LogP contribution is 2.14. The summed E-state index contributed by atoms with van der Waals surface area (Å²) in [7, 11) is 5.87. The Hall–Kier alpha value is -2.32. The summed E-state index contributed by atoms with van der Waals surface area (Å²) >= 11 is 6.08. The third-order valence-electron chi connectivity index (χ3n) is 5.19. The minimum atomic E-state index is 0.756. The van der Waals surface area contributed by atoms with Gasteiger partial charge < -0.3 is 19.7 Å². The van der Waals surface area contributed by atoms with Gasteiger partial charge in [-0.1, -0.05) is 11.6 Å². The van der Waals surface area contributed by atoms with E-state index in [-0.39, 0.29) is 0 Å². The second kappa shape index (κ2) is 10.5. The van der Waals surface area contributed by atoms with E-state index in [1.807, 2.05) is 44.0 Å². The smallest absolute Gasteiger partial charge is 0.225 e. The highest BCUT2D eigenvalue weighted by atomic mass is 35.5. The lowest BCUT2D eigenvalue weighted by Crippen LogP contribution is -2.47. The molecule has 1 saturated heterocycles. The fourth-order valence-electron chi connectivity index (χ4n) is 3.55. The van der Waals surface area contributed by atoms with Gasteiger partial charge in [0.2, 0.25) is 5.95 Å². The van der Waals surface area contributed by atoms with Crippen molar-refractivity contribution in [3.8, 4) is 0 Å². The molecule has 3 rings (SSSR count). The Morgan fingerprint density at radius 2 is 1.97 bits per heavy atom. The first-order chi connectivity index (χ1) is 14.1. The predicted octanol–water partition coefficient (Wildman–Crippen LogP) is 1.69. The average molecular weight is 419 g/mol. The van der Waals surface area contributed by atoms with Crippen molar-refractivity contribution in [1.29, 1.82) is 0 Å². The number of halogens is 1. The summed E-state index contributed by atoms with van der Waals surface area (Å²) < 4.78 is 2.05. The molecule has 29 heavy (non-hydrogen) atoms. The van der Waals surface area contributed by atoms with Crippen molar-refractivity contribution in [2.75, 3.05) is 58.3 Å². The average Bonchev–Trinajstić information content (AvgIpc) is 3.05. The Labute approximate surface area is 178 Å². The van der Waals surface area contributed by atoms with E-state index in [0.717, 1.165) is 74.9 Å². The second-order valence-electron chi connectivity index (χ2n) is 7.32. The lowest BCUT2D eigenvalue weighted by atomic mass is 10.3. The molecule has 0 saturated carbocycles. The summed E-state index contributed by atoms with van der Waals surface area (Å²) in [6.45, 7) is 6.76. The van der Waals surface area contributed by atoms with Crippen molar-refractivity contribution >= 4 is 23.5 Å². The molecule has 1 fully saturated rings. The first-order valence-electron chi connectivity index (χ1n) is 10.0. The molecule has 0 unspecified atom stereocenters. The number of hydrogen-bond acceptors (Lipinski definition) is 5. The summed E-state index contributed by atoms with van der Waals surface area (Å²) in [5.74, 6) is 1.73. The maximum Gasteiger partial charge on any atom is 0.225 e. The molecule has 0 spiro atoms. The topological polar surface area (TPSA) is 64.8 Å². The third kappa shape index (κ3) is 6.08. The van der Waals surface area contributed by atoms with Crippen LogP contribution >= 0.6 is 11.6 Å². The number of aryl methyl sites for hydroxylation is 1. The normalized spacial score (nSPS) is 15.6. The molecule has 0 aromatic carbocycles. The Morgan fingerprint density at radius 3 is 2.59 bits per heavy atom. The second-order valence-corrected chi connectivity index (χ2v) is 7.76. The molecule has 8 nitrogen and oxygen atoms in total. The van der Waals surface area contributed by atoms with Crippen LogP contribution in [0.25, 0.3) is 0 Å². The number of nitrogens with one attached hydrogen (secondary N) is 1. The van der Waals surface area contributed by atoms with Crippen LogP contribution in [0.15, 0.2) is 35.7 Å². The number of hydrogen-bond donors (Lipinski definition) is 1. The molecule has 0 atom stereocenters. The summed E-state index contributed by atoms with van der Waals surface area (Å²) in [6.07, 6.45) is 6.60. The van der Waals surface area contributed by atoms with Crippen molar-refractivity contribution in [2.45, 2.75) is 13.0 Å². The number of rotatable bonds is 7. The zero-order valence-electron chi connectivity index (χ0n) is 17.6. The molecule has 0 bridgehead atoms. The van der Waals surface area contributed by atoms with Gasteiger partial charge in [0.05, 0.1) is 11.6 Å². The van der Waals surface area contributed by atoms with Crippen LogP contribution in [0.3, 0.4) is 0 Å². The third-order valence-corrected chi connectivity index (χ3v) is 5.40. The molecule has 1 N–H and O–H groups in total. The first-order valence-corrected chi connectivity index (χ1v) is 10.4. The maximum absolute atomic E-state index is 6.08. The van der Waals surface area contributed by atoms with Gasteiger partial charge in [-0.25, -0.2) is 9.97 Å². The van der Waals surface area contributed by atoms with Crippen molar-refractivity contribution in [3.63, 3.8) is 0 Å². The van der Waals surface area contributed by atoms with Crippen molar-refractivity contribution in [2.24, 2.45) is 12.0 Å². The zero-order chi connectivity index (χ0) is 20.6. The van der Waals surface area contributed by atoms with Gasteiger partial charge >= 0.3 is 0 Å². The maximum atomic E-state index is 6.08. The van der Waals surface area contributed by atoms with Gasteiger partial charge in [-0.2, -0.15) is 0 Å². The molecule has 0 radical (unpaired) electrons. The SMILES string of the molecule is CN=C(NCCCN1CCN(c2ncccn2)CC1)N(C)Cc1cc(Cl)cn1C. The molecular formula is C20H31ClN8. The molecule has 0 aliphatic carbocycles. The van der Waals surface area contributed by atoms with E-state index in [0.29, 0.717) is 0 Å². The number of guanidine groups is 1. The van der Waals surface area contributed by atoms with Gasteiger partial charge in [0.15, 0.2) is 5.96 Å². The molecule has 1 aliphatic rings. The van der Waals surface area contributed by atoms with E-state index in [4.69, 9.17) is 11.6 Å². The van der Waals surface area contributed by atoms with E-state index in [1.54, 1.807) is 12.4 Å². The Bertz CT molecular complexity index is 783. The van der Waals surface area contributed by atoms with Gasteiger partial charge in [-0.15, -0.1) is 0 Å². The molecule has 2 aromatic heterocycles. The lowest BCUT2D eigenvalue weighted by Gasteiger charge is -2.34. The van der Waals surface area contributed by atoms with Gasteiger partial charge in [0, 0.05) is 78.2 Å². The number of nitrogens with zero attached hydrogens (tertiary/aromatic N) is 7. The summed E-state index contributed by atoms with van der Waals surface area (Å²) in [4.78, 5) is 20.0. The molecule has 0 amide bonds. The van der Waals surface area contributed by atoms with E-state index >= 15 is 0 Å². The minimum absolute atomic E-state index is 0.756. The van der Waals surface area contributed by atoms with Crippen LogP contribution in [0.4, 0.5) is 5.95 Å². The van der Waals surface area contributed by atoms with E-state index in [9.17, 15) is 0 Å². The van der Waals surface area contributed by atoms with Gasteiger partial charge in [0.1, 0.15) is 0 Å². The van der Waals surface area contributed by atoms with Crippen LogP contribution in [-0.4, -0.2) is 83.7 Å². The number of aromatic nitrogens is 3. The molecule has 9 heteroatoms. The fraction of sp³-hybridized carbons (Fsp3) is 0.550. The standard InChI is InChI=1S/C20H31ClN8/c1-22-19(27(3)16-18-14-17(21)15-26(18)2)23-8-5-9-28-10-12-29(13-11-28)20-24-6-4-7-25-20/h4,6-7,14-15H,5,8-13,16H2,1-3H3,(H,22,23). The van der Waals surface area contributed by atoms with Crippen molar-refractivity contribution in [3.05, 3.63) is 41.4 Å². The summed E-state index contributed by atoms with van der Waals surface area (Å²) in [5.41, 5.74) is 1.15. The minimum Gasteiger partial charge on any atom is -0.356 e. The van der Waals surface area contributed by atoms with Crippen LogP contribution in [-0.2, 0) is 13.6 Å². The molecule has 3 heterocycles. The molecular weight excluding hydrogens is 388 g/mol. The Kier molecular flexibility index (Phi) is 7.71. The van der Waals surface area contributed by atoms with Crippen LogP contribution < -0.4 is 10.2 Å². The Balaban J connectivity index is 1.35. The van der Waals surface area contributed by atoms with Crippen LogP contribution in [0.1, 0.15) is 12.1 Å².